The van der Waals surface area contributed by atoms with Gasteiger partial charge >= 0.3 is 6.03 Å². The first kappa shape index (κ1) is 20.6. The van der Waals surface area contributed by atoms with Gasteiger partial charge in [0.2, 0.25) is 0 Å². The minimum absolute atomic E-state index is 0.257. The van der Waals surface area contributed by atoms with E-state index in [2.05, 4.69) is 66.0 Å². The number of rotatable bonds is 7. The molecule has 2 amide bonds. The lowest BCUT2D eigenvalue weighted by atomic mass is 10.1. The van der Waals surface area contributed by atoms with Gasteiger partial charge in [0.15, 0.2) is 0 Å². The Kier molecular flexibility index (Phi) is 6.70. The smallest absolute Gasteiger partial charge is 0.308 e. The zero-order valence-electron chi connectivity index (χ0n) is 17.7. The monoisotopic (exact) mass is 390 g/mol. The minimum atomic E-state index is -0.257. The highest BCUT2D eigenvalue weighted by Crippen LogP contribution is 2.21. The number of amides is 2. The van der Waals surface area contributed by atoms with Crippen LogP contribution in [-0.4, -0.2) is 15.8 Å². The number of unbranched alkanes of at least 4 members (excludes halogenated alkanes) is 1. The van der Waals surface area contributed by atoms with Crippen LogP contribution in [0.1, 0.15) is 47.8 Å². The number of aromatic nitrogens is 2. The van der Waals surface area contributed by atoms with E-state index in [1.54, 1.807) is 0 Å². The van der Waals surface area contributed by atoms with E-state index >= 15 is 0 Å². The molecule has 2 N–H and O–H groups in total. The van der Waals surface area contributed by atoms with Crippen LogP contribution in [0.25, 0.3) is 0 Å². The Morgan fingerprint density at radius 2 is 1.59 bits per heavy atom. The first-order chi connectivity index (χ1) is 14.0. The normalized spacial score (nSPS) is 10.8. The summed E-state index contributed by atoms with van der Waals surface area (Å²) in [5, 5.41) is 10.5. The van der Waals surface area contributed by atoms with Gasteiger partial charge in [-0.3, -0.25) is 4.68 Å². The van der Waals surface area contributed by atoms with Gasteiger partial charge in [-0.05, 0) is 56.9 Å². The van der Waals surface area contributed by atoms with E-state index in [-0.39, 0.29) is 6.03 Å². The van der Waals surface area contributed by atoms with Crippen molar-refractivity contribution in [3.63, 3.8) is 0 Å². The molecule has 0 radical (unpaired) electrons. The molecule has 1 aromatic heterocycles. The lowest BCUT2D eigenvalue weighted by Gasteiger charge is -2.10. The zero-order valence-corrected chi connectivity index (χ0v) is 17.7. The Morgan fingerprint density at radius 1 is 0.931 bits per heavy atom. The molecule has 3 rings (SSSR count). The maximum Gasteiger partial charge on any atom is 0.323 e. The van der Waals surface area contributed by atoms with Crippen molar-refractivity contribution in [3.8, 4) is 0 Å². The summed E-state index contributed by atoms with van der Waals surface area (Å²) < 4.78 is 1.93. The second-order valence-corrected chi connectivity index (χ2v) is 7.57. The molecule has 0 aliphatic carbocycles. The molecule has 0 aliphatic heterocycles. The van der Waals surface area contributed by atoms with Crippen molar-refractivity contribution in [1.29, 1.82) is 0 Å². The number of carbonyl (C=O) groups is 1. The Morgan fingerprint density at radius 3 is 2.24 bits per heavy atom. The molecule has 29 heavy (non-hydrogen) atoms. The summed E-state index contributed by atoms with van der Waals surface area (Å²) in [5.74, 6) is 0. The summed E-state index contributed by atoms with van der Waals surface area (Å²) in [5.41, 5.74) is 6.99. The first-order valence-electron chi connectivity index (χ1n) is 10.2. The average Bonchev–Trinajstić information content (AvgIpc) is 2.96. The zero-order chi connectivity index (χ0) is 20.8. The minimum Gasteiger partial charge on any atom is -0.308 e. The third-order valence-corrected chi connectivity index (χ3v) is 5.10. The van der Waals surface area contributed by atoms with Crippen molar-refractivity contribution in [2.24, 2.45) is 0 Å². The molecule has 0 spiro atoms. The van der Waals surface area contributed by atoms with Crippen molar-refractivity contribution in [3.05, 3.63) is 76.6 Å². The van der Waals surface area contributed by atoms with E-state index < -0.39 is 0 Å². The quantitative estimate of drug-likeness (QED) is 0.532. The Bertz CT molecular complexity index is 956. The van der Waals surface area contributed by atoms with Gasteiger partial charge in [0, 0.05) is 5.69 Å². The number of nitrogens with one attached hydrogen (secondary N) is 2. The average molecular weight is 391 g/mol. The predicted molar refractivity (Wildman–Crippen MR) is 120 cm³/mol. The van der Waals surface area contributed by atoms with E-state index in [4.69, 9.17) is 0 Å². The molecule has 2 aromatic carbocycles. The van der Waals surface area contributed by atoms with Crippen LogP contribution in [0, 0.1) is 20.8 Å². The molecule has 0 saturated carbocycles. The van der Waals surface area contributed by atoms with E-state index in [1.165, 1.54) is 29.5 Å². The number of anilines is 2. The van der Waals surface area contributed by atoms with E-state index in [1.807, 2.05) is 30.7 Å². The lowest BCUT2D eigenvalue weighted by Crippen LogP contribution is -2.20. The van der Waals surface area contributed by atoms with E-state index in [0.717, 1.165) is 29.2 Å². The Hall–Kier alpha value is -3.08. The SMILES string of the molecule is CCCCc1ccc(NC(=O)Nc2c(C)nn(Cc3ccc(C)cc3)c2C)cc1. The number of urea groups is 1. The summed E-state index contributed by atoms with van der Waals surface area (Å²) in [7, 11) is 0. The van der Waals surface area contributed by atoms with Crippen LogP contribution >= 0.6 is 0 Å². The maximum atomic E-state index is 12.5. The molecule has 5 heteroatoms. The van der Waals surface area contributed by atoms with Crippen LogP contribution in [0.4, 0.5) is 16.2 Å². The second kappa shape index (κ2) is 9.41. The van der Waals surface area contributed by atoms with Crippen molar-refractivity contribution < 1.29 is 4.79 Å². The second-order valence-electron chi connectivity index (χ2n) is 7.57. The van der Waals surface area contributed by atoms with Crippen molar-refractivity contribution >= 4 is 17.4 Å². The first-order valence-corrected chi connectivity index (χ1v) is 10.2. The number of hydrogen-bond donors (Lipinski definition) is 2. The van der Waals surface area contributed by atoms with Gasteiger partial charge in [0.05, 0.1) is 23.6 Å². The fraction of sp³-hybridized carbons (Fsp3) is 0.333. The molecule has 0 atom stereocenters. The number of carbonyl (C=O) groups excluding carboxylic acids is 1. The Labute approximate surface area is 173 Å². The molecule has 0 aliphatic rings. The van der Waals surface area contributed by atoms with Gasteiger partial charge in [-0.2, -0.15) is 5.10 Å². The summed E-state index contributed by atoms with van der Waals surface area (Å²) in [6.07, 6.45) is 3.43. The lowest BCUT2D eigenvalue weighted by molar-refractivity contribution is 0.262. The fourth-order valence-corrected chi connectivity index (χ4v) is 3.31. The molecule has 5 nitrogen and oxygen atoms in total. The summed E-state index contributed by atoms with van der Waals surface area (Å²) >= 11 is 0. The van der Waals surface area contributed by atoms with Gasteiger partial charge in [0.1, 0.15) is 0 Å². The predicted octanol–water partition coefficient (Wildman–Crippen LogP) is 5.84. The van der Waals surface area contributed by atoms with Crippen molar-refractivity contribution in [1.82, 2.24) is 9.78 Å². The molecule has 0 saturated heterocycles. The highest BCUT2D eigenvalue weighted by atomic mass is 16.2. The molecule has 0 fully saturated rings. The third-order valence-electron chi connectivity index (χ3n) is 5.10. The third kappa shape index (κ3) is 5.47. The molecule has 0 bridgehead atoms. The van der Waals surface area contributed by atoms with Crippen molar-refractivity contribution in [2.45, 2.75) is 53.5 Å². The van der Waals surface area contributed by atoms with Gasteiger partial charge in [-0.25, -0.2) is 4.79 Å². The van der Waals surface area contributed by atoms with Crippen LogP contribution in [-0.2, 0) is 13.0 Å². The number of benzene rings is 2. The Balaban J connectivity index is 1.64. The van der Waals surface area contributed by atoms with Gasteiger partial charge < -0.3 is 10.6 Å². The molecule has 1 heterocycles. The standard InChI is InChI=1S/C24H30N4O/c1-5-6-7-20-12-14-22(15-13-20)25-24(29)26-23-18(3)27-28(19(23)4)16-21-10-8-17(2)9-11-21/h8-15H,5-7,16H2,1-4H3,(H2,25,26,29). The van der Waals surface area contributed by atoms with Gasteiger partial charge in [-0.15, -0.1) is 0 Å². The molecular formula is C24H30N4O. The number of aryl methyl sites for hydroxylation is 3. The molecular weight excluding hydrogens is 360 g/mol. The van der Waals surface area contributed by atoms with Crippen LogP contribution < -0.4 is 10.6 Å². The van der Waals surface area contributed by atoms with Crippen molar-refractivity contribution in [2.75, 3.05) is 10.6 Å². The molecule has 3 aromatic rings. The van der Waals surface area contributed by atoms with Crippen LogP contribution in [0.5, 0.6) is 0 Å². The van der Waals surface area contributed by atoms with Crippen LogP contribution in [0.3, 0.4) is 0 Å². The van der Waals surface area contributed by atoms with E-state index in [0.29, 0.717) is 6.54 Å². The maximum absolute atomic E-state index is 12.5. The summed E-state index contributed by atoms with van der Waals surface area (Å²) in [6, 6.07) is 16.2. The highest BCUT2D eigenvalue weighted by molar-refractivity contribution is 6.00. The van der Waals surface area contributed by atoms with Crippen LogP contribution in [0.2, 0.25) is 0 Å². The largest absolute Gasteiger partial charge is 0.323 e. The fourth-order valence-electron chi connectivity index (χ4n) is 3.31. The molecule has 152 valence electrons. The highest BCUT2D eigenvalue weighted by Gasteiger charge is 2.14. The topological polar surface area (TPSA) is 59.0 Å². The van der Waals surface area contributed by atoms with Crippen LogP contribution in [0.15, 0.2) is 48.5 Å². The molecule has 0 unspecified atom stereocenters. The number of nitrogens with zero attached hydrogens (tertiary/aromatic N) is 2. The summed E-state index contributed by atoms with van der Waals surface area (Å²) in [4.78, 5) is 12.5. The summed E-state index contributed by atoms with van der Waals surface area (Å²) in [6.45, 7) is 8.83. The number of hydrogen-bond acceptors (Lipinski definition) is 2. The van der Waals surface area contributed by atoms with E-state index in [9.17, 15) is 4.79 Å². The van der Waals surface area contributed by atoms with Gasteiger partial charge in [0.25, 0.3) is 0 Å². The van der Waals surface area contributed by atoms with Gasteiger partial charge in [-0.1, -0.05) is 55.3 Å².